The Morgan fingerprint density at radius 2 is 2.00 bits per heavy atom. The molecule has 0 aliphatic carbocycles. The van der Waals surface area contributed by atoms with Crippen LogP contribution < -0.4 is 10.6 Å². The summed E-state index contributed by atoms with van der Waals surface area (Å²) in [5.74, 6) is 0. The van der Waals surface area contributed by atoms with E-state index in [1.165, 1.54) is 0 Å². The molecule has 1 aromatic rings. The number of nitrogens with zero attached hydrogens (tertiary/aromatic N) is 1. The molecule has 0 spiro atoms. The molecule has 6 heteroatoms. The summed E-state index contributed by atoms with van der Waals surface area (Å²) in [5, 5.41) is 0. The lowest BCUT2D eigenvalue weighted by atomic mass is 10.0. The van der Waals surface area contributed by atoms with Crippen molar-refractivity contribution in [3.8, 4) is 0 Å². The van der Waals surface area contributed by atoms with E-state index < -0.39 is 12.6 Å². The first-order chi connectivity index (χ1) is 8.69. The van der Waals surface area contributed by atoms with Crippen LogP contribution in [-0.4, -0.2) is 25.8 Å². The van der Waals surface area contributed by atoms with E-state index in [-0.39, 0.29) is 12.6 Å². The Balaban J connectivity index is 2.86. The molecule has 2 nitrogen and oxygen atoms in total. The van der Waals surface area contributed by atoms with Crippen molar-refractivity contribution in [2.45, 2.75) is 32.0 Å². The number of halogens is 4. The van der Waals surface area contributed by atoms with Gasteiger partial charge in [-0.15, -0.1) is 0 Å². The molecular weight excluding hydrogens is 321 g/mol. The molecule has 1 atom stereocenters. The Kier molecular flexibility index (Phi) is 5.67. The van der Waals surface area contributed by atoms with Crippen LogP contribution in [0.4, 0.5) is 18.9 Å². The Hall–Kier alpha value is -0.750. The van der Waals surface area contributed by atoms with Gasteiger partial charge in [-0.25, -0.2) is 0 Å². The highest BCUT2D eigenvalue weighted by Crippen LogP contribution is 2.27. The average Bonchev–Trinajstić information content (AvgIpc) is 2.24. The van der Waals surface area contributed by atoms with Gasteiger partial charge in [-0.05, 0) is 37.1 Å². The van der Waals surface area contributed by atoms with Crippen LogP contribution in [0.25, 0.3) is 0 Å². The van der Waals surface area contributed by atoms with Crippen molar-refractivity contribution < 1.29 is 13.2 Å². The number of anilines is 1. The van der Waals surface area contributed by atoms with Gasteiger partial charge >= 0.3 is 6.18 Å². The summed E-state index contributed by atoms with van der Waals surface area (Å²) in [6, 6.07) is 5.51. The van der Waals surface area contributed by atoms with Crippen LogP contribution in [0.5, 0.6) is 0 Å². The summed E-state index contributed by atoms with van der Waals surface area (Å²) in [7, 11) is 1.67. The van der Waals surface area contributed by atoms with Gasteiger partial charge in [0.25, 0.3) is 0 Å². The van der Waals surface area contributed by atoms with E-state index in [9.17, 15) is 13.2 Å². The second-order valence-corrected chi connectivity index (χ2v) is 5.66. The average molecular weight is 339 g/mol. The van der Waals surface area contributed by atoms with Gasteiger partial charge in [-0.3, -0.25) is 0 Å². The van der Waals surface area contributed by atoms with Gasteiger partial charge in [0.15, 0.2) is 0 Å². The number of hydrogen-bond donors (Lipinski definition) is 1. The number of alkyl halides is 3. The zero-order valence-electron chi connectivity index (χ0n) is 11.0. The molecule has 0 aliphatic heterocycles. The van der Waals surface area contributed by atoms with Crippen molar-refractivity contribution in [3.05, 3.63) is 28.2 Å². The molecule has 0 aliphatic rings. The third kappa shape index (κ3) is 5.82. The van der Waals surface area contributed by atoms with Crippen LogP contribution in [0.3, 0.4) is 0 Å². The van der Waals surface area contributed by atoms with Gasteiger partial charge in [0.2, 0.25) is 0 Å². The molecule has 1 unspecified atom stereocenters. The fourth-order valence-electron chi connectivity index (χ4n) is 1.85. The Morgan fingerprint density at radius 3 is 2.53 bits per heavy atom. The highest BCUT2D eigenvalue weighted by molar-refractivity contribution is 9.10. The fraction of sp³-hybridized carbons (Fsp3) is 0.538. The largest absolute Gasteiger partial charge is 0.390 e. The molecule has 0 aromatic heterocycles. The molecule has 0 saturated carbocycles. The van der Waals surface area contributed by atoms with Crippen molar-refractivity contribution in [3.63, 3.8) is 0 Å². The summed E-state index contributed by atoms with van der Waals surface area (Å²) >= 11 is 3.37. The van der Waals surface area contributed by atoms with Crippen LogP contribution >= 0.6 is 15.9 Å². The maximum atomic E-state index is 12.3. The van der Waals surface area contributed by atoms with Crippen LogP contribution in [0.1, 0.15) is 18.9 Å². The van der Waals surface area contributed by atoms with Gasteiger partial charge in [-0.1, -0.05) is 15.9 Å². The standard InChI is InChI=1S/C13H18BrF3N2/c1-9(18)7-10-8-11(14)3-4-12(10)19(2)6-5-13(15,16)17/h3-4,8-9H,5-7,18H2,1-2H3. The lowest BCUT2D eigenvalue weighted by Gasteiger charge is -2.24. The SMILES string of the molecule is CC(N)Cc1cc(Br)ccc1N(C)CCC(F)(F)F. The molecule has 0 saturated heterocycles. The molecule has 1 aromatic carbocycles. The molecule has 0 fully saturated rings. The lowest BCUT2D eigenvalue weighted by Crippen LogP contribution is -2.26. The third-order valence-electron chi connectivity index (χ3n) is 2.73. The van der Waals surface area contributed by atoms with E-state index in [0.29, 0.717) is 6.42 Å². The Labute approximate surface area is 119 Å². The summed E-state index contributed by atoms with van der Waals surface area (Å²) in [6.07, 6.45) is -4.33. The lowest BCUT2D eigenvalue weighted by molar-refractivity contribution is -0.132. The maximum absolute atomic E-state index is 12.3. The van der Waals surface area contributed by atoms with Gasteiger partial charge < -0.3 is 10.6 Å². The number of rotatable bonds is 5. The normalized spacial score (nSPS) is 13.4. The number of benzene rings is 1. The van der Waals surface area contributed by atoms with Gasteiger partial charge in [0, 0.05) is 29.8 Å². The summed E-state index contributed by atoms with van der Waals surface area (Å²) in [4.78, 5) is 1.62. The van der Waals surface area contributed by atoms with Gasteiger partial charge in [0.1, 0.15) is 0 Å². The predicted octanol–water partition coefficient (Wildman–Crippen LogP) is 3.73. The van der Waals surface area contributed by atoms with Crippen molar-refractivity contribution in [2.75, 3.05) is 18.5 Å². The van der Waals surface area contributed by atoms with E-state index in [2.05, 4.69) is 15.9 Å². The van der Waals surface area contributed by atoms with Crippen molar-refractivity contribution in [1.82, 2.24) is 0 Å². The zero-order valence-corrected chi connectivity index (χ0v) is 12.6. The second kappa shape index (κ2) is 6.61. The Bertz CT molecular complexity index is 419. The number of hydrogen-bond acceptors (Lipinski definition) is 2. The van der Waals surface area contributed by atoms with Gasteiger partial charge in [-0.2, -0.15) is 13.2 Å². The van der Waals surface area contributed by atoms with Crippen LogP contribution in [0.2, 0.25) is 0 Å². The molecule has 0 amide bonds. The van der Waals surface area contributed by atoms with Crippen LogP contribution in [0.15, 0.2) is 22.7 Å². The van der Waals surface area contributed by atoms with E-state index in [0.717, 1.165) is 15.7 Å². The molecule has 2 N–H and O–H groups in total. The summed E-state index contributed by atoms with van der Waals surface area (Å²) in [6.45, 7) is 1.82. The smallest absolute Gasteiger partial charge is 0.374 e. The maximum Gasteiger partial charge on any atom is 0.390 e. The van der Waals surface area contributed by atoms with Crippen LogP contribution in [0, 0.1) is 0 Å². The van der Waals surface area contributed by atoms with E-state index in [1.807, 2.05) is 25.1 Å². The summed E-state index contributed by atoms with van der Waals surface area (Å²) in [5.41, 5.74) is 7.52. The van der Waals surface area contributed by atoms with Gasteiger partial charge in [0.05, 0.1) is 6.42 Å². The molecular formula is C13H18BrF3N2. The van der Waals surface area contributed by atoms with Crippen molar-refractivity contribution >= 4 is 21.6 Å². The van der Waals surface area contributed by atoms with Crippen molar-refractivity contribution in [1.29, 1.82) is 0 Å². The van der Waals surface area contributed by atoms with Crippen LogP contribution in [-0.2, 0) is 6.42 Å². The first-order valence-corrected chi connectivity index (χ1v) is 6.80. The van der Waals surface area contributed by atoms with Crippen molar-refractivity contribution in [2.24, 2.45) is 5.73 Å². The second-order valence-electron chi connectivity index (χ2n) is 4.74. The minimum Gasteiger partial charge on any atom is -0.374 e. The van der Waals surface area contributed by atoms with E-state index in [4.69, 9.17) is 5.73 Å². The Morgan fingerprint density at radius 1 is 1.37 bits per heavy atom. The minimum absolute atomic E-state index is 0.0379. The molecule has 0 bridgehead atoms. The first kappa shape index (κ1) is 16.3. The van der Waals surface area contributed by atoms with E-state index in [1.54, 1.807) is 11.9 Å². The fourth-order valence-corrected chi connectivity index (χ4v) is 2.26. The summed E-state index contributed by atoms with van der Waals surface area (Å²) < 4.78 is 37.7. The molecule has 1 rings (SSSR count). The molecule has 0 radical (unpaired) electrons. The molecule has 108 valence electrons. The number of nitrogens with two attached hydrogens (primary N) is 1. The third-order valence-corrected chi connectivity index (χ3v) is 3.22. The topological polar surface area (TPSA) is 29.3 Å². The predicted molar refractivity (Wildman–Crippen MR) is 75.4 cm³/mol. The minimum atomic E-state index is -4.13. The quantitative estimate of drug-likeness (QED) is 0.886. The van der Waals surface area contributed by atoms with E-state index >= 15 is 0 Å². The highest BCUT2D eigenvalue weighted by atomic mass is 79.9. The monoisotopic (exact) mass is 338 g/mol. The highest BCUT2D eigenvalue weighted by Gasteiger charge is 2.27. The zero-order chi connectivity index (χ0) is 14.6. The molecule has 19 heavy (non-hydrogen) atoms. The first-order valence-electron chi connectivity index (χ1n) is 6.01. The molecule has 0 heterocycles.